The van der Waals surface area contributed by atoms with E-state index in [0.29, 0.717) is 5.92 Å². The lowest BCUT2D eigenvalue weighted by molar-refractivity contribution is 0.309. The van der Waals surface area contributed by atoms with E-state index in [-0.39, 0.29) is 0 Å². The number of fused-ring (bicyclic) bond motifs is 2. The molecule has 1 nitrogen and oxygen atoms in total. The van der Waals surface area contributed by atoms with Gasteiger partial charge in [0.1, 0.15) is 11.5 Å². The Balaban J connectivity index is 1.83. The van der Waals surface area contributed by atoms with Crippen LogP contribution in [-0.2, 0) is 0 Å². The lowest BCUT2D eigenvalue weighted by Gasteiger charge is -2.35. The van der Waals surface area contributed by atoms with E-state index in [1.54, 1.807) is 0 Å². The second-order valence-electron chi connectivity index (χ2n) is 6.05. The topological polar surface area (TPSA) is 9.23 Å². The summed E-state index contributed by atoms with van der Waals surface area (Å²) in [5.41, 5.74) is 2.77. The number of rotatable bonds is 1. The van der Waals surface area contributed by atoms with Crippen molar-refractivity contribution in [3.63, 3.8) is 0 Å². The van der Waals surface area contributed by atoms with Gasteiger partial charge in [0.25, 0.3) is 0 Å². The lowest BCUT2D eigenvalue weighted by atomic mass is 9.72. The minimum atomic E-state index is 0.524. The fourth-order valence-electron chi connectivity index (χ4n) is 3.92. The van der Waals surface area contributed by atoms with Crippen LogP contribution in [-0.4, -0.2) is 0 Å². The van der Waals surface area contributed by atoms with Crippen LogP contribution in [0, 0.1) is 5.92 Å². The maximum absolute atomic E-state index is 6.10. The monoisotopic (exact) mass is 264 g/mol. The molecule has 2 aromatic rings. The van der Waals surface area contributed by atoms with Crippen molar-refractivity contribution in [1.82, 2.24) is 0 Å². The van der Waals surface area contributed by atoms with Gasteiger partial charge in [0.2, 0.25) is 0 Å². The predicted octanol–water partition coefficient (Wildman–Crippen LogP) is 5.50. The number of para-hydroxylation sites is 2. The first-order valence-electron chi connectivity index (χ1n) is 7.79. The van der Waals surface area contributed by atoms with E-state index in [1.165, 1.54) is 43.2 Å². The Morgan fingerprint density at radius 3 is 1.85 bits per heavy atom. The van der Waals surface area contributed by atoms with Crippen LogP contribution in [0.25, 0.3) is 0 Å². The molecule has 2 aromatic carbocycles. The highest BCUT2D eigenvalue weighted by atomic mass is 16.5. The summed E-state index contributed by atoms with van der Waals surface area (Å²) < 4.78 is 6.10. The summed E-state index contributed by atoms with van der Waals surface area (Å²) in [6.07, 6.45) is 6.88. The molecule has 0 saturated heterocycles. The third-order valence-corrected chi connectivity index (χ3v) is 4.85. The van der Waals surface area contributed by atoms with Crippen LogP contribution < -0.4 is 4.74 Å². The molecule has 0 N–H and O–H groups in total. The summed E-state index contributed by atoms with van der Waals surface area (Å²) in [5.74, 6) is 3.41. The van der Waals surface area contributed by atoms with Gasteiger partial charge in [-0.2, -0.15) is 0 Å². The van der Waals surface area contributed by atoms with Gasteiger partial charge in [0, 0.05) is 17.0 Å². The minimum Gasteiger partial charge on any atom is -0.457 e. The summed E-state index contributed by atoms with van der Waals surface area (Å²) in [6.45, 7) is 0. The largest absolute Gasteiger partial charge is 0.457 e. The molecule has 0 aromatic heterocycles. The van der Waals surface area contributed by atoms with E-state index in [0.717, 1.165) is 17.4 Å². The van der Waals surface area contributed by atoms with Crippen molar-refractivity contribution < 1.29 is 4.74 Å². The lowest BCUT2D eigenvalue weighted by Crippen LogP contribution is -2.21. The van der Waals surface area contributed by atoms with Gasteiger partial charge in [0.15, 0.2) is 0 Å². The Morgan fingerprint density at radius 1 is 0.700 bits per heavy atom. The highest BCUT2D eigenvalue weighted by Crippen LogP contribution is 2.50. The zero-order chi connectivity index (χ0) is 13.4. The molecule has 1 aliphatic carbocycles. The van der Waals surface area contributed by atoms with Gasteiger partial charge in [-0.1, -0.05) is 55.7 Å². The SMILES string of the molecule is c1ccc2c(c1)Oc1ccccc1C2C1CCCCC1. The first kappa shape index (κ1) is 12.0. The van der Waals surface area contributed by atoms with Gasteiger partial charge in [-0.25, -0.2) is 0 Å². The van der Waals surface area contributed by atoms with Crippen molar-refractivity contribution in [2.75, 3.05) is 0 Å². The van der Waals surface area contributed by atoms with Crippen LogP contribution in [0.15, 0.2) is 48.5 Å². The Hall–Kier alpha value is -1.76. The fourth-order valence-corrected chi connectivity index (χ4v) is 3.92. The molecule has 1 aliphatic heterocycles. The van der Waals surface area contributed by atoms with Crippen molar-refractivity contribution in [3.05, 3.63) is 59.7 Å². The Morgan fingerprint density at radius 2 is 1.25 bits per heavy atom. The molecule has 0 spiro atoms. The Kier molecular flexibility index (Phi) is 2.99. The van der Waals surface area contributed by atoms with Crippen LogP contribution in [0.5, 0.6) is 11.5 Å². The molecule has 2 aliphatic rings. The summed E-state index contributed by atoms with van der Waals surface area (Å²) in [4.78, 5) is 0. The third kappa shape index (κ3) is 1.93. The van der Waals surface area contributed by atoms with E-state index in [1.807, 2.05) is 0 Å². The summed E-state index contributed by atoms with van der Waals surface area (Å²) in [5, 5.41) is 0. The van der Waals surface area contributed by atoms with Gasteiger partial charge in [-0.3, -0.25) is 0 Å². The highest BCUT2D eigenvalue weighted by Gasteiger charge is 2.33. The summed E-state index contributed by atoms with van der Waals surface area (Å²) in [6, 6.07) is 17.2. The molecule has 1 fully saturated rings. The van der Waals surface area contributed by atoms with Crippen LogP contribution in [0.1, 0.15) is 49.1 Å². The van der Waals surface area contributed by atoms with Gasteiger partial charge < -0.3 is 4.74 Å². The van der Waals surface area contributed by atoms with E-state index < -0.39 is 0 Å². The second-order valence-corrected chi connectivity index (χ2v) is 6.05. The number of ether oxygens (including phenoxy) is 1. The van der Waals surface area contributed by atoms with Crippen LogP contribution in [0.2, 0.25) is 0 Å². The van der Waals surface area contributed by atoms with Crippen molar-refractivity contribution in [3.8, 4) is 11.5 Å². The summed E-state index contributed by atoms with van der Waals surface area (Å²) >= 11 is 0. The Labute approximate surface area is 120 Å². The van der Waals surface area contributed by atoms with Crippen molar-refractivity contribution in [1.29, 1.82) is 0 Å². The van der Waals surface area contributed by atoms with Crippen molar-refractivity contribution in [2.45, 2.75) is 38.0 Å². The Bertz CT molecular complexity index is 565. The highest BCUT2D eigenvalue weighted by molar-refractivity contribution is 5.53. The van der Waals surface area contributed by atoms with Gasteiger partial charge >= 0.3 is 0 Å². The maximum atomic E-state index is 6.10. The summed E-state index contributed by atoms with van der Waals surface area (Å²) in [7, 11) is 0. The zero-order valence-electron chi connectivity index (χ0n) is 11.7. The van der Waals surface area contributed by atoms with E-state index in [9.17, 15) is 0 Å². The smallest absolute Gasteiger partial charge is 0.131 e. The molecule has 102 valence electrons. The zero-order valence-corrected chi connectivity index (χ0v) is 11.7. The quantitative estimate of drug-likeness (QED) is 0.660. The predicted molar refractivity (Wildman–Crippen MR) is 81.4 cm³/mol. The van der Waals surface area contributed by atoms with E-state index >= 15 is 0 Å². The number of hydrogen-bond acceptors (Lipinski definition) is 1. The molecule has 20 heavy (non-hydrogen) atoms. The van der Waals surface area contributed by atoms with Gasteiger partial charge in [-0.05, 0) is 30.9 Å². The van der Waals surface area contributed by atoms with Crippen LogP contribution in [0.4, 0.5) is 0 Å². The first-order valence-corrected chi connectivity index (χ1v) is 7.79. The molecule has 0 atom stereocenters. The number of benzene rings is 2. The van der Waals surface area contributed by atoms with E-state index in [4.69, 9.17) is 4.74 Å². The van der Waals surface area contributed by atoms with Crippen LogP contribution in [0.3, 0.4) is 0 Å². The molecule has 0 radical (unpaired) electrons. The van der Waals surface area contributed by atoms with Crippen molar-refractivity contribution in [2.24, 2.45) is 5.92 Å². The third-order valence-electron chi connectivity index (χ3n) is 4.85. The molecule has 1 saturated carbocycles. The molecule has 4 rings (SSSR count). The first-order chi connectivity index (χ1) is 9.93. The normalized spacial score (nSPS) is 19.0. The molecule has 0 amide bonds. The van der Waals surface area contributed by atoms with Crippen LogP contribution >= 0.6 is 0 Å². The standard InChI is InChI=1S/C19H20O/c1-2-8-14(9-3-1)19-15-10-4-6-12-17(15)20-18-13-7-5-11-16(18)19/h4-7,10-14,19H,1-3,8-9H2. The molecule has 0 bridgehead atoms. The number of hydrogen-bond donors (Lipinski definition) is 0. The van der Waals surface area contributed by atoms with E-state index in [2.05, 4.69) is 48.5 Å². The fraction of sp³-hybridized carbons (Fsp3) is 0.368. The molecule has 1 heteroatoms. The average Bonchev–Trinajstić information content (AvgIpc) is 2.53. The molecule has 1 heterocycles. The van der Waals surface area contributed by atoms with Gasteiger partial charge in [-0.15, -0.1) is 0 Å². The molecule has 0 unspecified atom stereocenters. The van der Waals surface area contributed by atoms with Crippen molar-refractivity contribution >= 4 is 0 Å². The maximum Gasteiger partial charge on any atom is 0.131 e. The molecular weight excluding hydrogens is 244 g/mol. The molecular formula is C19H20O. The average molecular weight is 264 g/mol. The minimum absolute atomic E-state index is 0.524. The van der Waals surface area contributed by atoms with Gasteiger partial charge in [0.05, 0.1) is 0 Å². The second kappa shape index (κ2) is 4.97.